The Morgan fingerprint density at radius 3 is 2.30 bits per heavy atom. The molecule has 0 radical (unpaired) electrons. The van der Waals surface area contributed by atoms with Crippen LogP contribution in [0.3, 0.4) is 0 Å². The van der Waals surface area contributed by atoms with Crippen molar-refractivity contribution in [3.63, 3.8) is 0 Å². The molecule has 3 fully saturated rings. The van der Waals surface area contributed by atoms with Gasteiger partial charge in [0.1, 0.15) is 11.5 Å². The second-order valence-corrected chi connectivity index (χ2v) is 7.20. The van der Waals surface area contributed by atoms with Crippen LogP contribution in [0.25, 0.3) is 0 Å². The van der Waals surface area contributed by atoms with Crippen LogP contribution >= 0.6 is 0 Å². The lowest BCUT2D eigenvalue weighted by Gasteiger charge is -2.18. The molecule has 23 heavy (non-hydrogen) atoms. The number of methoxy groups -OCH3 is 2. The van der Waals surface area contributed by atoms with E-state index in [0.717, 1.165) is 31.0 Å². The van der Waals surface area contributed by atoms with Gasteiger partial charge in [-0.2, -0.15) is 0 Å². The number of fused-ring (bicyclic) bond motifs is 1. The summed E-state index contributed by atoms with van der Waals surface area (Å²) in [4.78, 5) is 14.8. The summed E-state index contributed by atoms with van der Waals surface area (Å²) in [7, 11) is 3.35. The highest BCUT2D eigenvalue weighted by Gasteiger charge is 2.57. The lowest BCUT2D eigenvalue weighted by Crippen LogP contribution is -2.31. The van der Waals surface area contributed by atoms with E-state index in [1.165, 1.54) is 24.8 Å². The van der Waals surface area contributed by atoms with Crippen LogP contribution in [0.4, 0.5) is 0 Å². The Morgan fingerprint density at radius 2 is 1.70 bits per heavy atom. The Labute approximate surface area is 137 Å². The Hall–Kier alpha value is -1.71. The van der Waals surface area contributed by atoms with Crippen LogP contribution in [0, 0.1) is 17.8 Å². The Kier molecular flexibility index (Phi) is 3.70. The fourth-order valence-electron chi connectivity index (χ4n) is 4.70. The van der Waals surface area contributed by atoms with Gasteiger partial charge in [0.15, 0.2) is 0 Å². The molecule has 4 nitrogen and oxygen atoms in total. The molecule has 2 aliphatic carbocycles. The highest BCUT2D eigenvalue weighted by Crippen LogP contribution is 2.58. The van der Waals surface area contributed by atoms with Crippen LogP contribution in [0.15, 0.2) is 18.2 Å². The minimum atomic E-state index is 0.349. The molecule has 1 amide bonds. The van der Waals surface area contributed by atoms with Crippen LogP contribution in [-0.2, 0) is 4.79 Å². The number of amides is 1. The second kappa shape index (κ2) is 5.73. The normalized spacial score (nSPS) is 31.8. The molecule has 124 valence electrons. The Balaban J connectivity index is 1.45. The van der Waals surface area contributed by atoms with Gasteiger partial charge in [-0.05, 0) is 48.8 Å². The van der Waals surface area contributed by atoms with Gasteiger partial charge in [-0.3, -0.25) is 4.79 Å². The zero-order valence-electron chi connectivity index (χ0n) is 14.0. The van der Waals surface area contributed by atoms with Gasteiger partial charge in [-0.25, -0.2) is 0 Å². The van der Waals surface area contributed by atoms with E-state index in [0.29, 0.717) is 29.6 Å². The summed E-state index contributed by atoms with van der Waals surface area (Å²) in [5, 5.41) is 0. The van der Waals surface area contributed by atoms with Gasteiger partial charge in [-0.15, -0.1) is 0 Å². The van der Waals surface area contributed by atoms with Crippen LogP contribution in [0.5, 0.6) is 11.5 Å². The van der Waals surface area contributed by atoms with Crippen LogP contribution in [-0.4, -0.2) is 38.1 Å². The SMILES string of the molecule is COc1cc(OC)cc([C@@H]2CCN(C(=O)C3[C@H]4CCC[C@H]34)C2)c1. The van der Waals surface area contributed by atoms with E-state index in [-0.39, 0.29) is 0 Å². The molecule has 4 rings (SSSR count). The predicted octanol–water partition coefficient (Wildman–Crippen LogP) is 3.07. The van der Waals surface area contributed by atoms with Crippen molar-refractivity contribution in [2.45, 2.75) is 31.6 Å². The molecule has 1 saturated heterocycles. The largest absolute Gasteiger partial charge is 0.497 e. The van der Waals surface area contributed by atoms with Gasteiger partial charge in [0.05, 0.1) is 14.2 Å². The van der Waals surface area contributed by atoms with Crippen LogP contribution < -0.4 is 9.47 Å². The van der Waals surface area contributed by atoms with Crippen LogP contribution in [0.1, 0.15) is 37.2 Å². The van der Waals surface area contributed by atoms with Gasteiger partial charge < -0.3 is 14.4 Å². The Morgan fingerprint density at radius 1 is 1.04 bits per heavy atom. The smallest absolute Gasteiger partial charge is 0.226 e. The van der Waals surface area contributed by atoms with E-state index in [1.54, 1.807) is 14.2 Å². The zero-order valence-corrected chi connectivity index (χ0v) is 14.0. The summed E-state index contributed by atoms with van der Waals surface area (Å²) in [5.74, 6) is 4.21. The summed E-state index contributed by atoms with van der Waals surface area (Å²) in [5.41, 5.74) is 1.22. The van der Waals surface area contributed by atoms with Crippen molar-refractivity contribution in [1.29, 1.82) is 0 Å². The van der Waals surface area contributed by atoms with Crippen molar-refractivity contribution < 1.29 is 14.3 Å². The fraction of sp³-hybridized carbons (Fsp3) is 0.632. The first-order valence-corrected chi connectivity index (χ1v) is 8.73. The third-order valence-corrected chi connectivity index (χ3v) is 6.04. The van der Waals surface area contributed by atoms with Gasteiger partial charge in [0.2, 0.25) is 5.91 Å². The average molecular weight is 315 g/mol. The molecule has 0 N–H and O–H groups in total. The number of likely N-dealkylation sites (tertiary alicyclic amines) is 1. The molecule has 0 spiro atoms. The number of carbonyl (C=O) groups is 1. The first-order chi connectivity index (χ1) is 11.2. The van der Waals surface area contributed by atoms with Crippen molar-refractivity contribution >= 4 is 5.91 Å². The lowest BCUT2D eigenvalue weighted by atomic mass is 9.98. The molecule has 1 aromatic rings. The van der Waals surface area contributed by atoms with E-state index in [9.17, 15) is 4.79 Å². The van der Waals surface area contributed by atoms with Gasteiger partial charge in [-0.1, -0.05) is 6.42 Å². The van der Waals surface area contributed by atoms with E-state index >= 15 is 0 Å². The number of carbonyl (C=O) groups excluding carboxylic acids is 1. The third-order valence-electron chi connectivity index (χ3n) is 6.04. The molecule has 1 aliphatic heterocycles. The molecular formula is C19H25NO3. The third kappa shape index (κ3) is 2.58. The van der Waals surface area contributed by atoms with Crippen molar-refractivity contribution in [1.82, 2.24) is 4.90 Å². The average Bonchev–Trinajstić information content (AvgIpc) is 3.00. The predicted molar refractivity (Wildman–Crippen MR) is 87.8 cm³/mol. The first-order valence-electron chi connectivity index (χ1n) is 8.73. The number of rotatable bonds is 4. The summed E-state index contributed by atoms with van der Waals surface area (Å²) < 4.78 is 10.7. The van der Waals surface area contributed by atoms with E-state index in [2.05, 4.69) is 17.0 Å². The second-order valence-electron chi connectivity index (χ2n) is 7.20. The number of hydrogen-bond acceptors (Lipinski definition) is 3. The van der Waals surface area contributed by atoms with E-state index in [4.69, 9.17) is 9.47 Å². The monoisotopic (exact) mass is 315 g/mol. The number of nitrogens with zero attached hydrogens (tertiary/aromatic N) is 1. The van der Waals surface area contributed by atoms with E-state index in [1.807, 2.05) is 6.07 Å². The molecule has 1 heterocycles. The van der Waals surface area contributed by atoms with Crippen LogP contribution in [0.2, 0.25) is 0 Å². The number of ether oxygens (including phenoxy) is 2. The number of hydrogen-bond donors (Lipinski definition) is 0. The van der Waals surface area contributed by atoms with Gasteiger partial charge in [0, 0.05) is 31.0 Å². The van der Waals surface area contributed by atoms with Gasteiger partial charge >= 0.3 is 0 Å². The topological polar surface area (TPSA) is 38.8 Å². The summed E-state index contributed by atoms with van der Waals surface area (Å²) >= 11 is 0. The minimum absolute atomic E-state index is 0.349. The quantitative estimate of drug-likeness (QED) is 0.857. The maximum Gasteiger partial charge on any atom is 0.226 e. The molecule has 2 saturated carbocycles. The number of benzene rings is 1. The molecule has 0 aromatic heterocycles. The molecule has 3 atom stereocenters. The minimum Gasteiger partial charge on any atom is -0.497 e. The van der Waals surface area contributed by atoms with Crippen molar-refractivity contribution in [3.05, 3.63) is 23.8 Å². The molecule has 4 heteroatoms. The first kappa shape index (κ1) is 14.9. The maximum atomic E-state index is 12.7. The molecule has 3 aliphatic rings. The summed E-state index contributed by atoms with van der Waals surface area (Å²) in [6.07, 6.45) is 4.90. The molecule has 0 bridgehead atoms. The van der Waals surface area contributed by atoms with Crippen molar-refractivity contribution in [2.75, 3.05) is 27.3 Å². The molecular weight excluding hydrogens is 290 g/mol. The fourth-order valence-corrected chi connectivity index (χ4v) is 4.70. The summed E-state index contributed by atoms with van der Waals surface area (Å²) in [6, 6.07) is 6.05. The maximum absolute atomic E-state index is 12.7. The zero-order chi connectivity index (χ0) is 16.0. The summed E-state index contributed by atoms with van der Waals surface area (Å²) in [6.45, 7) is 1.73. The van der Waals surface area contributed by atoms with E-state index < -0.39 is 0 Å². The Bertz CT molecular complexity index is 582. The lowest BCUT2D eigenvalue weighted by molar-refractivity contribution is -0.132. The highest BCUT2D eigenvalue weighted by atomic mass is 16.5. The standard InChI is InChI=1S/C19H25NO3/c1-22-14-8-13(9-15(10-14)23-2)12-6-7-20(11-12)19(21)18-16-4-3-5-17(16)18/h8-10,12,16-18H,3-7,11H2,1-2H3/t12-,16+,17+/m1/s1. The van der Waals surface area contributed by atoms with Gasteiger partial charge in [0.25, 0.3) is 0 Å². The molecule has 1 aromatic carbocycles. The van der Waals surface area contributed by atoms with Crippen molar-refractivity contribution in [3.8, 4) is 11.5 Å². The molecule has 0 unspecified atom stereocenters. The van der Waals surface area contributed by atoms with Crippen molar-refractivity contribution in [2.24, 2.45) is 17.8 Å². The highest BCUT2D eigenvalue weighted by molar-refractivity contribution is 5.83.